The maximum Gasteiger partial charge on any atom is 0.472 e. The van der Waals surface area contributed by atoms with E-state index < -0.39 is 85.7 Å². The normalized spacial score (nSPS) is 18.6. The Morgan fingerprint density at radius 1 is 0.641 bits per heavy atom. The number of amides is 2. The molecule has 2 rings (SSSR count). The fourth-order valence-electron chi connectivity index (χ4n) is 7.95. The maximum atomic E-state index is 13.0. The summed E-state index contributed by atoms with van der Waals surface area (Å²) in [5, 5.41) is 36.0. The molecule has 0 saturated carbocycles. The van der Waals surface area contributed by atoms with Gasteiger partial charge in [-0.2, -0.15) is 0 Å². The fourth-order valence-corrected chi connectivity index (χ4v) is 9.98. The van der Waals surface area contributed by atoms with Crippen molar-refractivity contribution < 1.29 is 94.6 Å². The number of unbranched alkanes of at least 4 members (excludes halogenated alkanes) is 14. The van der Waals surface area contributed by atoms with Crippen molar-refractivity contribution in [2.75, 3.05) is 65.9 Å². The van der Waals surface area contributed by atoms with Gasteiger partial charge in [0.1, 0.15) is 37.6 Å². The largest absolute Gasteiger partial charge is 0.472 e. The number of sulfonamides is 1. The second-order valence-corrected chi connectivity index (χ2v) is 22.5. The highest BCUT2D eigenvalue weighted by atomic mass is 32.2. The molecule has 7 atom stereocenters. The van der Waals surface area contributed by atoms with Crippen molar-refractivity contribution >= 4 is 47.6 Å². The lowest BCUT2D eigenvalue weighted by Crippen LogP contribution is -2.64. The van der Waals surface area contributed by atoms with E-state index in [2.05, 4.69) is 22.3 Å². The number of nitrogens with one attached hydrogen (secondary N) is 3. The third kappa shape index (κ3) is 33.2. The molecule has 25 heteroatoms. The minimum atomic E-state index is -4.62. The Hall–Kier alpha value is -3.65. The zero-order valence-corrected chi connectivity index (χ0v) is 48.0. The van der Waals surface area contributed by atoms with Crippen LogP contribution in [0.4, 0.5) is 0 Å². The monoisotopic (exact) mass is 1150 g/mol. The number of carbonyl (C=O) groups excluding carboxylic acids is 5. The lowest BCUT2D eigenvalue weighted by molar-refractivity contribution is -0.267. The van der Waals surface area contributed by atoms with Gasteiger partial charge in [-0.25, -0.2) is 17.7 Å². The molecule has 0 aliphatic carbocycles. The number of carbonyl (C=O) groups is 5. The van der Waals surface area contributed by atoms with Crippen LogP contribution in [0.5, 0.6) is 0 Å². The molecule has 0 bridgehead atoms. The molecule has 0 spiro atoms. The van der Waals surface area contributed by atoms with Gasteiger partial charge < -0.3 is 59.3 Å². The molecule has 0 radical (unpaired) electrons. The van der Waals surface area contributed by atoms with Gasteiger partial charge in [-0.05, 0) is 44.7 Å². The molecule has 78 heavy (non-hydrogen) atoms. The predicted molar refractivity (Wildman–Crippen MR) is 287 cm³/mol. The summed E-state index contributed by atoms with van der Waals surface area (Å²) in [5.74, 6) is -2.32. The van der Waals surface area contributed by atoms with Crippen molar-refractivity contribution in [3.8, 4) is 0 Å². The Morgan fingerprint density at radius 3 is 1.82 bits per heavy atom. The SMILES string of the molecule is CCCCCCCCCCCCCCCCCC(=O)OC[C@H](COP(=O)(O)OCCCC(=O)OCCOCCCNC(=O)CCCC(=O)NCCO[C@@H]1OC(CO)[C@@H](O)[C@H](O)C1NS(=O)(=O)c1ccc(C)cc1)OC(=O)CC. The van der Waals surface area contributed by atoms with E-state index in [4.69, 9.17) is 37.5 Å². The van der Waals surface area contributed by atoms with Crippen LogP contribution in [0.3, 0.4) is 0 Å². The van der Waals surface area contributed by atoms with Crippen LogP contribution in [0.2, 0.25) is 0 Å². The average Bonchev–Trinajstić information content (AvgIpc) is 3.44. The van der Waals surface area contributed by atoms with Gasteiger partial charge in [0.05, 0.1) is 37.9 Å². The van der Waals surface area contributed by atoms with Gasteiger partial charge in [0, 0.05) is 51.8 Å². The van der Waals surface area contributed by atoms with Crippen LogP contribution < -0.4 is 15.4 Å². The molecule has 1 heterocycles. The number of phosphoric acid groups is 1. The highest BCUT2D eigenvalue weighted by Crippen LogP contribution is 2.43. The first kappa shape index (κ1) is 70.5. The molecular formula is C53H92N3O20PS. The highest BCUT2D eigenvalue weighted by Gasteiger charge is 2.46. The lowest BCUT2D eigenvalue weighted by atomic mass is 9.98. The second kappa shape index (κ2) is 42.2. The van der Waals surface area contributed by atoms with Gasteiger partial charge in [0.25, 0.3) is 0 Å². The molecule has 1 fully saturated rings. The van der Waals surface area contributed by atoms with E-state index in [1.54, 1.807) is 26.0 Å². The number of esters is 3. The summed E-state index contributed by atoms with van der Waals surface area (Å²) in [6.07, 6.45) is 11.9. The number of aliphatic hydroxyl groups excluding tert-OH is 3. The van der Waals surface area contributed by atoms with Crippen LogP contribution in [0, 0.1) is 6.92 Å². The van der Waals surface area contributed by atoms with E-state index in [0.29, 0.717) is 19.4 Å². The minimum Gasteiger partial charge on any atom is -0.463 e. The third-order valence-corrected chi connectivity index (χ3v) is 15.0. The van der Waals surface area contributed by atoms with E-state index in [0.717, 1.165) is 24.8 Å². The zero-order chi connectivity index (χ0) is 57.4. The Balaban J connectivity index is 1.49. The number of ether oxygens (including phenoxy) is 6. The molecule has 1 aliphatic rings. The predicted octanol–water partition coefficient (Wildman–Crippen LogP) is 5.49. The highest BCUT2D eigenvalue weighted by molar-refractivity contribution is 7.89. The number of aryl methyl sites for hydroxylation is 1. The Labute approximate surface area is 461 Å². The molecule has 1 aromatic rings. The first-order valence-corrected chi connectivity index (χ1v) is 31.0. The summed E-state index contributed by atoms with van der Waals surface area (Å²) in [7, 11) is -8.80. The minimum absolute atomic E-state index is 0.0233. The van der Waals surface area contributed by atoms with Crippen molar-refractivity contribution in [2.24, 2.45) is 0 Å². The molecule has 7 N–H and O–H groups in total. The molecule has 3 unspecified atom stereocenters. The van der Waals surface area contributed by atoms with Crippen LogP contribution in [0.1, 0.15) is 167 Å². The standard InChI is InChI=1S/C53H92N3O20PS/c1-4-6-7-8-9-10-11-12-13-14-15-16-17-18-19-25-49(62)72-39-42(75-47(60)5-2)40-74-77(65,66)73-34-21-26-48(61)70-37-36-69-33-22-31-54-45(58)23-20-24-46(59)55-32-35-71-53-50(52(64)51(63)44(38-57)76-53)56-78(67,68)43-29-27-41(3)28-30-43/h27-30,42,44,50-53,56-57,63-64H,4-26,31-40H2,1-3H3,(H,54,58)(H,55,59)(H,65,66)/t42-,44?,50?,51-,52-,53-/m1/s1. The van der Waals surface area contributed by atoms with Gasteiger partial charge in [-0.15, -0.1) is 0 Å². The maximum absolute atomic E-state index is 13.0. The van der Waals surface area contributed by atoms with Crippen molar-refractivity contribution in [3.05, 3.63) is 29.8 Å². The summed E-state index contributed by atoms with van der Waals surface area (Å²) < 4.78 is 83.0. The van der Waals surface area contributed by atoms with Gasteiger partial charge >= 0.3 is 25.7 Å². The smallest absolute Gasteiger partial charge is 0.463 e. The lowest BCUT2D eigenvalue weighted by Gasteiger charge is -2.42. The van der Waals surface area contributed by atoms with E-state index in [9.17, 15) is 57.2 Å². The summed E-state index contributed by atoms with van der Waals surface area (Å²) in [6, 6.07) is 4.50. The van der Waals surface area contributed by atoms with Gasteiger partial charge in [-0.3, -0.25) is 33.0 Å². The van der Waals surface area contributed by atoms with Gasteiger partial charge in [0.15, 0.2) is 12.4 Å². The number of phosphoric ester groups is 1. The van der Waals surface area contributed by atoms with Crippen molar-refractivity contribution in [1.29, 1.82) is 0 Å². The van der Waals surface area contributed by atoms with E-state index in [1.807, 2.05) is 0 Å². The number of hydrogen-bond donors (Lipinski definition) is 7. The fraction of sp³-hybridized carbons (Fsp3) is 0.792. The third-order valence-electron chi connectivity index (χ3n) is 12.5. The first-order chi connectivity index (χ1) is 37.4. The zero-order valence-electron chi connectivity index (χ0n) is 46.3. The second-order valence-electron chi connectivity index (χ2n) is 19.3. The molecule has 0 aromatic heterocycles. The van der Waals surface area contributed by atoms with Crippen LogP contribution in [-0.2, 0) is 76.0 Å². The number of rotatable bonds is 47. The summed E-state index contributed by atoms with van der Waals surface area (Å²) in [6.45, 7) is 4.06. The van der Waals surface area contributed by atoms with Crippen LogP contribution in [-0.4, -0.2) is 161 Å². The van der Waals surface area contributed by atoms with Crippen LogP contribution >= 0.6 is 7.82 Å². The molecule has 1 aliphatic heterocycles. The van der Waals surface area contributed by atoms with Crippen molar-refractivity contribution in [2.45, 2.75) is 210 Å². The average molecular weight is 1150 g/mol. The van der Waals surface area contributed by atoms with Crippen molar-refractivity contribution in [1.82, 2.24) is 15.4 Å². The Bertz CT molecular complexity index is 1980. The molecule has 1 aromatic carbocycles. The van der Waals surface area contributed by atoms with Gasteiger partial charge in [0.2, 0.25) is 21.8 Å². The molecule has 23 nitrogen and oxygen atoms in total. The number of aliphatic hydroxyl groups is 3. The quantitative estimate of drug-likeness (QED) is 0.0184. The van der Waals surface area contributed by atoms with Crippen molar-refractivity contribution in [3.63, 3.8) is 0 Å². The Morgan fingerprint density at radius 2 is 1.22 bits per heavy atom. The van der Waals surface area contributed by atoms with Crippen LogP contribution in [0.15, 0.2) is 29.2 Å². The molecule has 450 valence electrons. The van der Waals surface area contributed by atoms with E-state index in [-0.39, 0.29) is 108 Å². The van der Waals surface area contributed by atoms with Gasteiger partial charge in [-0.1, -0.05) is 121 Å². The molecule has 1 saturated heterocycles. The number of hydrogen-bond acceptors (Lipinski definition) is 19. The summed E-state index contributed by atoms with van der Waals surface area (Å²) in [4.78, 5) is 71.1. The van der Waals surface area contributed by atoms with E-state index >= 15 is 0 Å². The number of benzene rings is 1. The Kier molecular flexibility index (Phi) is 38.1. The summed E-state index contributed by atoms with van der Waals surface area (Å²) in [5.41, 5.74) is 0.828. The first-order valence-electron chi connectivity index (χ1n) is 28.0. The topological polar surface area (TPSA) is 327 Å². The molecule has 2 amide bonds. The summed E-state index contributed by atoms with van der Waals surface area (Å²) >= 11 is 0. The van der Waals surface area contributed by atoms with E-state index in [1.165, 1.54) is 82.8 Å². The molecular weight excluding hydrogens is 1060 g/mol. The van der Waals surface area contributed by atoms with Crippen LogP contribution in [0.25, 0.3) is 0 Å².